The second kappa shape index (κ2) is 6.07. The zero-order valence-electron chi connectivity index (χ0n) is 14.5. The molecule has 5 rings (SSSR count). The van der Waals surface area contributed by atoms with Gasteiger partial charge in [-0.15, -0.1) is 10.2 Å². The predicted molar refractivity (Wildman–Crippen MR) is 94.5 cm³/mol. The Bertz CT molecular complexity index is 882. The zero-order chi connectivity index (χ0) is 16.8. The van der Waals surface area contributed by atoms with Crippen molar-refractivity contribution >= 4 is 16.8 Å². The smallest absolute Gasteiger partial charge is 0.179 e. The summed E-state index contributed by atoms with van der Waals surface area (Å²) in [5.41, 5.74) is 2.80. The second-order valence-electron chi connectivity index (χ2n) is 7.48. The van der Waals surface area contributed by atoms with Crippen molar-refractivity contribution in [2.45, 2.75) is 38.1 Å². The summed E-state index contributed by atoms with van der Waals surface area (Å²) in [5, 5.41) is 12.6. The van der Waals surface area contributed by atoms with Crippen LogP contribution in [0.5, 0.6) is 0 Å². The van der Waals surface area contributed by atoms with Gasteiger partial charge < -0.3 is 15.0 Å². The molecule has 7 nitrogen and oxygen atoms in total. The van der Waals surface area contributed by atoms with E-state index in [-0.39, 0.29) is 0 Å². The summed E-state index contributed by atoms with van der Waals surface area (Å²) < 4.78 is 7.46. The van der Waals surface area contributed by atoms with Crippen molar-refractivity contribution in [2.24, 2.45) is 11.8 Å². The van der Waals surface area contributed by atoms with E-state index in [2.05, 4.69) is 42.9 Å². The van der Waals surface area contributed by atoms with Gasteiger partial charge in [0.15, 0.2) is 11.3 Å². The Kier molecular flexibility index (Phi) is 3.71. The Hall–Kier alpha value is -1.99. The molecule has 25 heavy (non-hydrogen) atoms. The average Bonchev–Trinajstić information content (AvgIpc) is 3.29. The summed E-state index contributed by atoms with van der Waals surface area (Å²) in [5.74, 6) is 2.93. The first-order valence-corrected chi connectivity index (χ1v) is 9.31. The van der Waals surface area contributed by atoms with Gasteiger partial charge in [-0.1, -0.05) is 13.3 Å². The number of aromatic nitrogens is 5. The van der Waals surface area contributed by atoms with Crippen molar-refractivity contribution in [1.29, 1.82) is 0 Å². The lowest BCUT2D eigenvalue weighted by molar-refractivity contribution is -0.00643. The van der Waals surface area contributed by atoms with Crippen LogP contribution in [0.4, 0.5) is 0 Å². The van der Waals surface area contributed by atoms with Crippen LogP contribution in [0.25, 0.3) is 16.8 Å². The van der Waals surface area contributed by atoms with Gasteiger partial charge in [-0.2, -0.15) is 0 Å². The topological polar surface area (TPSA) is 80.1 Å². The maximum absolute atomic E-state index is 5.26. The summed E-state index contributed by atoms with van der Waals surface area (Å²) in [6, 6.07) is 2.62. The molecule has 0 radical (unpaired) electrons. The number of H-pyrrole nitrogens is 1. The number of fused-ring (bicyclic) bond motifs is 3. The number of hydrogen-bond acceptors (Lipinski definition) is 5. The molecule has 0 aromatic carbocycles. The van der Waals surface area contributed by atoms with Gasteiger partial charge in [0.25, 0.3) is 0 Å². The SMILES string of the molecule is CC[C@@H]1C[C@H](CNC2COC2)C[C@@H]1c1nnc2cnc3[nH]ccc3n12. The minimum absolute atomic E-state index is 0.463. The van der Waals surface area contributed by atoms with Crippen LogP contribution in [-0.4, -0.2) is 50.4 Å². The number of rotatable bonds is 5. The summed E-state index contributed by atoms with van der Waals surface area (Å²) >= 11 is 0. The molecule has 2 aliphatic rings. The Morgan fingerprint density at radius 3 is 3.04 bits per heavy atom. The first kappa shape index (κ1) is 15.3. The number of nitrogens with one attached hydrogen (secondary N) is 2. The van der Waals surface area contributed by atoms with Crippen LogP contribution in [0.15, 0.2) is 18.5 Å². The van der Waals surface area contributed by atoms with Crippen molar-refractivity contribution in [1.82, 2.24) is 29.9 Å². The van der Waals surface area contributed by atoms with Crippen LogP contribution in [0.3, 0.4) is 0 Å². The van der Waals surface area contributed by atoms with E-state index in [0.717, 1.165) is 42.4 Å². The minimum atomic E-state index is 0.463. The van der Waals surface area contributed by atoms with Gasteiger partial charge >= 0.3 is 0 Å². The quantitative estimate of drug-likeness (QED) is 0.744. The second-order valence-corrected chi connectivity index (χ2v) is 7.48. The van der Waals surface area contributed by atoms with Crippen LogP contribution in [0.1, 0.15) is 37.9 Å². The van der Waals surface area contributed by atoms with E-state index in [4.69, 9.17) is 4.74 Å². The zero-order valence-corrected chi connectivity index (χ0v) is 14.5. The molecule has 2 fully saturated rings. The van der Waals surface area contributed by atoms with Crippen molar-refractivity contribution in [3.8, 4) is 0 Å². The van der Waals surface area contributed by atoms with E-state index in [1.165, 1.54) is 19.3 Å². The lowest BCUT2D eigenvalue weighted by Crippen LogP contribution is -2.47. The molecule has 1 saturated carbocycles. The number of aromatic amines is 1. The normalized spacial score (nSPS) is 27.3. The molecule has 0 unspecified atom stereocenters. The lowest BCUT2D eigenvalue weighted by Gasteiger charge is -2.28. The number of nitrogens with zero attached hydrogens (tertiary/aromatic N) is 4. The maximum atomic E-state index is 5.26. The van der Waals surface area contributed by atoms with Crippen molar-refractivity contribution in [3.05, 3.63) is 24.3 Å². The first-order valence-electron chi connectivity index (χ1n) is 9.31. The largest absolute Gasteiger partial charge is 0.378 e. The third-order valence-electron chi connectivity index (χ3n) is 5.95. The van der Waals surface area contributed by atoms with Crippen molar-refractivity contribution in [2.75, 3.05) is 19.8 Å². The van der Waals surface area contributed by atoms with Crippen LogP contribution < -0.4 is 5.32 Å². The molecular formula is C18H24N6O. The summed E-state index contributed by atoms with van der Waals surface area (Å²) in [7, 11) is 0. The fraction of sp³-hybridized carbons (Fsp3) is 0.611. The summed E-state index contributed by atoms with van der Waals surface area (Å²) in [6.07, 6.45) is 7.36. The molecule has 1 saturated heterocycles. The Balaban J connectivity index is 1.44. The Morgan fingerprint density at radius 1 is 1.32 bits per heavy atom. The maximum Gasteiger partial charge on any atom is 0.179 e. The van der Waals surface area contributed by atoms with Gasteiger partial charge in [-0.05, 0) is 37.3 Å². The van der Waals surface area contributed by atoms with Gasteiger partial charge in [0.2, 0.25) is 0 Å². The molecule has 1 aliphatic carbocycles. The van der Waals surface area contributed by atoms with E-state index >= 15 is 0 Å². The monoisotopic (exact) mass is 340 g/mol. The summed E-state index contributed by atoms with van der Waals surface area (Å²) in [4.78, 5) is 7.62. The van der Waals surface area contributed by atoms with Gasteiger partial charge in [0.05, 0.1) is 31.0 Å². The molecule has 2 N–H and O–H groups in total. The van der Waals surface area contributed by atoms with Gasteiger partial charge in [0, 0.05) is 12.1 Å². The molecule has 3 aromatic rings. The van der Waals surface area contributed by atoms with Gasteiger partial charge in [-0.25, -0.2) is 4.98 Å². The fourth-order valence-corrected chi connectivity index (χ4v) is 4.50. The van der Waals surface area contributed by atoms with Crippen LogP contribution in [-0.2, 0) is 4.74 Å². The highest BCUT2D eigenvalue weighted by molar-refractivity contribution is 5.74. The van der Waals surface area contributed by atoms with E-state index in [1.54, 1.807) is 6.20 Å². The number of hydrogen-bond donors (Lipinski definition) is 2. The first-order chi connectivity index (χ1) is 12.3. The highest BCUT2D eigenvalue weighted by atomic mass is 16.5. The molecule has 0 spiro atoms. The standard InChI is InChI=1S/C18H24N6O/c1-2-12-5-11(7-20-13-9-25-10-13)6-14(12)18-23-22-16-8-21-17-15(24(16)18)3-4-19-17/h3-4,8,11-14,19-20H,2,5-7,9-10H2,1H3/t11-,12+,14-/m0/s1. The fourth-order valence-electron chi connectivity index (χ4n) is 4.50. The molecule has 4 heterocycles. The van der Waals surface area contributed by atoms with Crippen LogP contribution >= 0.6 is 0 Å². The Labute approximate surface area is 146 Å². The molecule has 1 aliphatic heterocycles. The van der Waals surface area contributed by atoms with Gasteiger partial charge in [-0.3, -0.25) is 4.40 Å². The van der Waals surface area contributed by atoms with Gasteiger partial charge in [0.1, 0.15) is 5.82 Å². The molecule has 132 valence electrons. The van der Waals surface area contributed by atoms with E-state index in [0.29, 0.717) is 23.8 Å². The summed E-state index contributed by atoms with van der Waals surface area (Å²) in [6.45, 7) is 5.10. The predicted octanol–water partition coefficient (Wildman–Crippen LogP) is 2.11. The van der Waals surface area contributed by atoms with Crippen molar-refractivity contribution < 1.29 is 4.74 Å². The van der Waals surface area contributed by atoms with E-state index < -0.39 is 0 Å². The van der Waals surface area contributed by atoms with Crippen LogP contribution in [0, 0.1) is 11.8 Å². The molecule has 0 bridgehead atoms. The Morgan fingerprint density at radius 2 is 2.24 bits per heavy atom. The third kappa shape index (κ3) is 2.53. The van der Waals surface area contributed by atoms with E-state index in [1.807, 2.05) is 6.20 Å². The molecule has 3 aromatic heterocycles. The molecule has 0 amide bonds. The molecule has 7 heteroatoms. The third-order valence-corrected chi connectivity index (χ3v) is 5.95. The molecular weight excluding hydrogens is 316 g/mol. The highest BCUT2D eigenvalue weighted by Gasteiger charge is 2.37. The lowest BCUT2D eigenvalue weighted by atomic mass is 9.93. The minimum Gasteiger partial charge on any atom is -0.378 e. The molecule has 3 atom stereocenters. The van der Waals surface area contributed by atoms with Crippen LogP contribution in [0.2, 0.25) is 0 Å². The average molecular weight is 340 g/mol. The van der Waals surface area contributed by atoms with E-state index in [9.17, 15) is 0 Å². The van der Waals surface area contributed by atoms with Crippen molar-refractivity contribution in [3.63, 3.8) is 0 Å². The number of ether oxygens (including phenoxy) is 1. The highest BCUT2D eigenvalue weighted by Crippen LogP contribution is 2.44.